The van der Waals surface area contributed by atoms with Gasteiger partial charge in [0.2, 0.25) is 0 Å². The molecule has 1 aliphatic carbocycles. The molecule has 7 nitrogen and oxygen atoms in total. The fourth-order valence-corrected chi connectivity index (χ4v) is 2.75. The maximum absolute atomic E-state index is 12.4. The summed E-state index contributed by atoms with van der Waals surface area (Å²) in [6.45, 7) is 1.83. The van der Waals surface area contributed by atoms with Gasteiger partial charge in [0.05, 0.1) is 11.0 Å². The van der Waals surface area contributed by atoms with Crippen LogP contribution in [0.1, 0.15) is 43.6 Å². The van der Waals surface area contributed by atoms with E-state index >= 15 is 0 Å². The fourth-order valence-electron chi connectivity index (χ4n) is 2.75. The summed E-state index contributed by atoms with van der Waals surface area (Å²) in [5.41, 5.74) is 1.29. The Morgan fingerprint density at radius 3 is 2.47 bits per heavy atom. The van der Waals surface area contributed by atoms with Gasteiger partial charge in [0.1, 0.15) is 23.2 Å². The Morgan fingerprint density at radius 1 is 1.12 bits per heavy atom. The summed E-state index contributed by atoms with van der Waals surface area (Å²) in [6.07, 6.45) is 5.84. The fraction of sp³-hybridized carbons (Fsp3) is 0.200. The number of carbonyl (C=O) groups excluding carboxylic acids is 1. The van der Waals surface area contributed by atoms with Crippen molar-refractivity contribution in [3.63, 3.8) is 0 Å². The normalized spacial score (nSPS) is 13.2. The van der Waals surface area contributed by atoms with Crippen LogP contribution in [-0.4, -0.2) is 10.8 Å². The van der Waals surface area contributed by atoms with Crippen molar-refractivity contribution in [2.45, 2.75) is 32.2 Å². The summed E-state index contributed by atoms with van der Waals surface area (Å²) in [6, 6.07) is 20.3. The zero-order chi connectivity index (χ0) is 22.9. The average Bonchev–Trinajstić information content (AvgIpc) is 3.63. The van der Waals surface area contributed by atoms with E-state index in [1.807, 2.05) is 43.3 Å². The zero-order valence-electron chi connectivity index (χ0n) is 17.7. The topological polar surface area (TPSA) is 109 Å². The first-order valence-electron chi connectivity index (χ1n) is 10.3. The number of nitro benzene ring substituents is 1. The van der Waals surface area contributed by atoms with Gasteiger partial charge in [0.25, 0.3) is 11.6 Å². The molecule has 0 bridgehead atoms. The molecule has 0 spiro atoms. The molecule has 1 aliphatic rings. The molecule has 1 saturated carbocycles. The van der Waals surface area contributed by atoms with Crippen molar-refractivity contribution < 1.29 is 14.1 Å². The van der Waals surface area contributed by atoms with Crippen LogP contribution in [0.15, 0.2) is 76.7 Å². The molecule has 7 heteroatoms. The minimum absolute atomic E-state index is 0.0528. The number of hydrogen-bond acceptors (Lipinski definition) is 5. The third kappa shape index (κ3) is 6.41. The van der Waals surface area contributed by atoms with Crippen LogP contribution in [0.25, 0.3) is 17.4 Å². The van der Waals surface area contributed by atoms with Crippen LogP contribution >= 0.6 is 0 Å². The predicted molar refractivity (Wildman–Crippen MR) is 121 cm³/mol. The molecule has 0 aliphatic heterocycles. The van der Waals surface area contributed by atoms with Crippen LogP contribution in [0.5, 0.6) is 0 Å². The molecule has 1 unspecified atom stereocenters. The van der Waals surface area contributed by atoms with E-state index in [9.17, 15) is 20.2 Å². The highest BCUT2D eigenvalue weighted by Crippen LogP contribution is 2.26. The molecule has 1 aromatic heterocycles. The summed E-state index contributed by atoms with van der Waals surface area (Å²) in [5.74, 6) is 0.179. The van der Waals surface area contributed by atoms with E-state index in [1.165, 1.54) is 37.5 Å². The standard InChI is InChI=1S/C22H17N3O4.C3H6/c1-15(16-6-3-2-4-7-16)24-22(26)18(14-23)13-20-10-11-21(29-20)17-8-5-9-19(12-17)25(27)28;1-2-3-1/h2-13,15H,1H3,(H,24,26);1-3H2/b18-13+;. The number of carbonyl (C=O) groups is 1. The quantitative estimate of drug-likeness (QED) is 0.230. The summed E-state index contributed by atoms with van der Waals surface area (Å²) < 4.78 is 5.65. The number of furan rings is 1. The summed E-state index contributed by atoms with van der Waals surface area (Å²) in [4.78, 5) is 22.9. The van der Waals surface area contributed by atoms with E-state index in [2.05, 4.69) is 5.32 Å². The molecule has 3 aromatic rings. The monoisotopic (exact) mass is 429 g/mol. The molecule has 2 aromatic carbocycles. The summed E-state index contributed by atoms with van der Waals surface area (Å²) in [7, 11) is 0. The van der Waals surface area contributed by atoms with Crippen LogP contribution < -0.4 is 5.32 Å². The van der Waals surface area contributed by atoms with Crippen molar-refractivity contribution in [1.29, 1.82) is 5.26 Å². The maximum atomic E-state index is 12.4. The van der Waals surface area contributed by atoms with Crippen LogP contribution in [0.4, 0.5) is 5.69 Å². The van der Waals surface area contributed by atoms with E-state index in [1.54, 1.807) is 24.3 Å². The lowest BCUT2D eigenvalue weighted by atomic mass is 10.1. The first kappa shape index (κ1) is 22.5. The van der Waals surface area contributed by atoms with E-state index in [0.717, 1.165) is 5.56 Å². The van der Waals surface area contributed by atoms with Gasteiger partial charge >= 0.3 is 0 Å². The van der Waals surface area contributed by atoms with E-state index in [4.69, 9.17) is 4.42 Å². The van der Waals surface area contributed by atoms with Crippen molar-refractivity contribution in [1.82, 2.24) is 5.32 Å². The highest BCUT2D eigenvalue weighted by molar-refractivity contribution is 6.01. The van der Waals surface area contributed by atoms with Gasteiger partial charge in [-0.25, -0.2) is 0 Å². The molecular weight excluding hydrogens is 406 g/mol. The number of nitriles is 1. The third-order valence-corrected chi connectivity index (χ3v) is 4.62. The Balaban J connectivity index is 0.000000887. The molecule has 162 valence electrons. The first-order chi connectivity index (χ1) is 15.5. The largest absolute Gasteiger partial charge is 0.457 e. The number of hydrogen-bond donors (Lipinski definition) is 1. The maximum Gasteiger partial charge on any atom is 0.270 e. The molecule has 1 heterocycles. The summed E-state index contributed by atoms with van der Waals surface area (Å²) in [5, 5.41) is 23.1. The van der Waals surface area contributed by atoms with Gasteiger partial charge in [-0.3, -0.25) is 14.9 Å². The number of nitrogens with zero attached hydrogens (tertiary/aromatic N) is 2. The SMILES string of the molecule is C1CC1.CC(NC(=O)/C(C#N)=C/c1ccc(-c2cccc([N+](=O)[O-])c2)o1)c1ccccc1. The first-order valence-corrected chi connectivity index (χ1v) is 10.3. The number of benzene rings is 2. The highest BCUT2D eigenvalue weighted by atomic mass is 16.6. The van der Waals surface area contributed by atoms with Gasteiger partial charge in [-0.15, -0.1) is 0 Å². The van der Waals surface area contributed by atoms with E-state index in [-0.39, 0.29) is 17.3 Å². The van der Waals surface area contributed by atoms with E-state index < -0.39 is 10.8 Å². The molecule has 1 amide bonds. The average molecular weight is 429 g/mol. The number of non-ortho nitro benzene ring substituents is 1. The minimum Gasteiger partial charge on any atom is -0.457 e. The molecule has 1 atom stereocenters. The van der Waals surface area contributed by atoms with Gasteiger partial charge in [-0.2, -0.15) is 5.26 Å². The van der Waals surface area contributed by atoms with Crippen LogP contribution in [-0.2, 0) is 4.79 Å². The van der Waals surface area contributed by atoms with Crippen LogP contribution in [0.2, 0.25) is 0 Å². The van der Waals surface area contributed by atoms with Gasteiger partial charge in [-0.1, -0.05) is 61.7 Å². The van der Waals surface area contributed by atoms with Gasteiger partial charge < -0.3 is 9.73 Å². The highest BCUT2D eigenvalue weighted by Gasteiger charge is 2.15. The number of rotatable bonds is 6. The van der Waals surface area contributed by atoms with Crippen molar-refractivity contribution >= 4 is 17.7 Å². The van der Waals surface area contributed by atoms with Crippen LogP contribution in [0.3, 0.4) is 0 Å². The second kappa shape index (κ2) is 10.7. The number of nitrogens with one attached hydrogen (secondary N) is 1. The Hall–Kier alpha value is -4.18. The van der Waals surface area contributed by atoms with Crippen molar-refractivity contribution in [3.8, 4) is 17.4 Å². The zero-order valence-corrected chi connectivity index (χ0v) is 17.7. The Kier molecular flexibility index (Phi) is 7.55. The summed E-state index contributed by atoms with van der Waals surface area (Å²) >= 11 is 0. The number of amides is 1. The van der Waals surface area contributed by atoms with E-state index in [0.29, 0.717) is 17.1 Å². The second-order valence-electron chi connectivity index (χ2n) is 7.35. The van der Waals surface area contributed by atoms with Gasteiger partial charge in [-0.05, 0) is 24.6 Å². The lowest BCUT2D eigenvalue weighted by Gasteiger charge is -2.13. The number of nitro groups is 1. The van der Waals surface area contributed by atoms with Crippen molar-refractivity contribution in [2.75, 3.05) is 0 Å². The van der Waals surface area contributed by atoms with Crippen LogP contribution in [0, 0.1) is 21.4 Å². The van der Waals surface area contributed by atoms with Crippen molar-refractivity contribution in [3.05, 3.63) is 93.7 Å². The lowest BCUT2D eigenvalue weighted by molar-refractivity contribution is -0.384. The Morgan fingerprint density at radius 2 is 1.84 bits per heavy atom. The Labute approximate surface area is 186 Å². The van der Waals surface area contributed by atoms with Gasteiger partial charge in [0, 0.05) is 23.8 Å². The molecular formula is C25H23N3O4. The second-order valence-corrected chi connectivity index (χ2v) is 7.35. The predicted octanol–water partition coefficient (Wildman–Crippen LogP) is 5.81. The Bertz CT molecular complexity index is 1150. The molecule has 0 radical (unpaired) electrons. The van der Waals surface area contributed by atoms with Gasteiger partial charge in [0.15, 0.2) is 0 Å². The third-order valence-electron chi connectivity index (χ3n) is 4.62. The molecule has 4 rings (SSSR count). The molecule has 0 saturated heterocycles. The lowest BCUT2D eigenvalue weighted by Crippen LogP contribution is -2.27. The van der Waals surface area contributed by atoms with Crippen molar-refractivity contribution in [2.24, 2.45) is 0 Å². The molecule has 1 N–H and O–H groups in total. The molecule has 32 heavy (non-hydrogen) atoms. The molecule has 1 fully saturated rings. The minimum atomic E-state index is -0.517. The smallest absolute Gasteiger partial charge is 0.270 e.